The SMILES string of the molecule is N#COS(=O)(=O)O.[Pb]. The van der Waals surface area contributed by atoms with Gasteiger partial charge in [0.1, 0.15) is 0 Å². The maximum atomic E-state index is 9.34. The van der Waals surface area contributed by atoms with E-state index in [1.54, 1.807) is 0 Å². The largest absolute Gasteiger partial charge is 0.456 e. The Morgan fingerprint density at radius 1 is 1.62 bits per heavy atom. The van der Waals surface area contributed by atoms with Gasteiger partial charge in [0.15, 0.2) is 0 Å². The van der Waals surface area contributed by atoms with Crippen molar-refractivity contribution in [1.82, 2.24) is 0 Å². The van der Waals surface area contributed by atoms with Crippen molar-refractivity contribution in [2.24, 2.45) is 0 Å². The summed E-state index contributed by atoms with van der Waals surface area (Å²) in [6, 6.07) is 0. The van der Waals surface area contributed by atoms with E-state index in [4.69, 9.17) is 9.81 Å². The van der Waals surface area contributed by atoms with Crippen molar-refractivity contribution < 1.29 is 17.2 Å². The van der Waals surface area contributed by atoms with E-state index < -0.39 is 10.4 Å². The summed E-state index contributed by atoms with van der Waals surface area (Å²) in [7, 11) is -4.54. The monoisotopic (exact) mass is 331 g/mol. The summed E-state index contributed by atoms with van der Waals surface area (Å²) in [5, 5.41) is 7.39. The molecule has 0 bridgehead atoms. The number of hydrogen-bond acceptors (Lipinski definition) is 4. The minimum atomic E-state index is -4.54. The molecule has 4 radical (unpaired) electrons. The molecule has 0 heterocycles. The van der Waals surface area contributed by atoms with Gasteiger partial charge in [-0.15, -0.1) is 5.26 Å². The molecule has 0 aromatic carbocycles. The second-order valence-electron chi connectivity index (χ2n) is 0.602. The van der Waals surface area contributed by atoms with Crippen molar-refractivity contribution in [3.8, 4) is 6.26 Å². The molecule has 0 rings (SSSR count). The molecule has 0 spiro atoms. The summed E-state index contributed by atoms with van der Waals surface area (Å²) in [4.78, 5) is 0. The van der Waals surface area contributed by atoms with Crippen molar-refractivity contribution >= 4 is 37.7 Å². The summed E-state index contributed by atoms with van der Waals surface area (Å²) in [5.41, 5.74) is 0. The minimum absolute atomic E-state index is 0. The molecular weight excluding hydrogens is 329 g/mol. The fourth-order valence-electron chi connectivity index (χ4n) is 0.0471. The summed E-state index contributed by atoms with van der Waals surface area (Å²) >= 11 is 0. The van der Waals surface area contributed by atoms with Crippen molar-refractivity contribution in [2.45, 2.75) is 0 Å². The predicted octanol–water partition coefficient (Wildman–Crippen LogP) is -1.09. The molecule has 7 heteroatoms. The van der Waals surface area contributed by atoms with Crippen LogP contribution >= 0.6 is 0 Å². The summed E-state index contributed by atoms with van der Waals surface area (Å²) in [6.45, 7) is 0. The van der Waals surface area contributed by atoms with Gasteiger partial charge in [-0.25, -0.2) is 0 Å². The molecule has 0 saturated carbocycles. The van der Waals surface area contributed by atoms with Crippen LogP contribution in [-0.4, -0.2) is 40.3 Å². The molecule has 0 atom stereocenters. The van der Waals surface area contributed by atoms with E-state index in [-0.39, 0.29) is 27.3 Å². The van der Waals surface area contributed by atoms with Crippen LogP contribution in [0.3, 0.4) is 0 Å². The van der Waals surface area contributed by atoms with Crippen LogP contribution < -0.4 is 0 Å². The van der Waals surface area contributed by atoms with Crippen LogP contribution in [0.2, 0.25) is 0 Å². The molecule has 0 aliphatic carbocycles. The maximum absolute atomic E-state index is 9.34. The third kappa shape index (κ3) is 9.45. The van der Waals surface area contributed by atoms with E-state index in [0.29, 0.717) is 0 Å². The van der Waals surface area contributed by atoms with Crippen LogP contribution in [0, 0.1) is 11.5 Å². The third-order valence-corrected chi connectivity index (χ3v) is 0.428. The topological polar surface area (TPSA) is 87.4 Å². The van der Waals surface area contributed by atoms with Gasteiger partial charge >= 0.3 is 16.7 Å². The van der Waals surface area contributed by atoms with Crippen LogP contribution in [0.15, 0.2) is 0 Å². The van der Waals surface area contributed by atoms with Gasteiger partial charge in [0.25, 0.3) is 0 Å². The van der Waals surface area contributed by atoms with Crippen molar-refractivity contribution in [3.05, 3.63) is 0 Å². The second kappa shape index (κ2) is 4.05. The molecule has 1 N–H and O–H groups in total. The number of nitriles is 1. The van der Waals surface area contributed by atoms with Gasteiger partial charge in [-0.05, 0) is 0 Å². The zero-order chi connectivity index (χ0) is 5.91. The van der Waals surface area contributed by atoms with Gasteiger partial charge in [-0.2, -0.15) is 8.42 Å². The van der Waals surface area contributed by atoms with E-state index in [9.17, 15) is 8.42 Å². The standard InChI is InChI=1S/CHNO4S.Pb/c2-1-6-7(3,4)5;/h(H,3,4,5);. The van der Waals surface area contributed by atoms with E-state index in [1.807, 2.05) is 0 Å². The fraction of sp³-hybridized carbons (Fsp3) is 0. The smallest absolute Gasteiger partial charge is 0.281 e. The van der Waals surface area contributed by atoms with Crippen LogP contribution in [0.1, 0.15) is 0 Å². The Hall–Kier alpha value is 0.122. The summed E-state index contributed by atoms with van der Waals surface area (Å²) in [5.74, 6) is 0. The molecule has 0 amide bonds. The van der Waals surface area contributed by atoms with Crippen LogP contribution in [-0.2, 0) is 14.6 Å². The first kappa shape index (κ1) is 11.0. The Morgan fingerprint density at radius 3 is 2.00 bits per heavy atom. The van der Waals surface area contributed by atoms with Crippen LogP contribution in [0.25, 0.3) is 0 Å². The number of nitrogens with zero attached hydrogens (tertiary/aromatic N) is 1. The Morgan fingerprint density at radius 2 is 2.00 bits per heavy atom. The Balaban J connectivity index is 0. The van der Waals surface area contributed by atoms with Crippen LogP contribution in [0.5, 0.6) is 0 Å². The second-order valence-corrected chi connectivity index (χ2v) is 1.62. The molecule has 44 valence electrons. The van der Waals surface area contributed by atoms with E-state index >= 15 is 0 Å². The van der Waals surface area contributed by atoms with Gasteiger partial charge in [-0.3, -0.25) is 8.74 Å². The first-order valence-electron chi connectivity index (χ1n) is 1.11. The molecule has 5 nitrogen and oxygen atoms in total. The van der Waals surface area contributed by atoms with Crippen molar-refractivity contribution in [1.29, 1.82) is 5.26 Å². The van der Waals surface area contributed by atoms with E-state index in [2.05, 4.69) is 4.18 Å². The van der Waals surface area contributed by atoms with Crippen LogP contribution in [0.4, 0.5) is 0 Å². The van der Waals surface area contributed by atoms with Gasteiger partial charge in [0.2, 0.25) is 0 Å². The van der Waals surface area contributed by atoms with E-state index in [0.717, 1.165) is 6.26 Å². The molecule has 0 saturated heterocycles. The molecule has 8 heavy (non-hydrogen) atoms. The van der Waals surface area contributed by atoms with Gasteiger partial charge in [-0.1, -0.05) is 0 Å². The molecular formula is CHNO4PbS. The molecule has 0 aliphatic heterocycles. The summed E-state index contributed by atoms with van der Waals surface area (Å²) < 4.78 is 29.3. The summed E-state index contributed by atoms with van der Waals surface area (Å²) in [6.07, 6.45) is 0.770. The van der Waals surface area contributed by atoms with Gasteiger partial charge in [0.05, 0.1) is 0 Å². The molecule has 0 unspecified atom stereocenters. The van der Waals surface area contributed by atoms with Crippen molar-refractivity contribution in [3.63, 3.8) is 0 Å². The van der Waals surface area contributed by atoms with Crippen molar-refractivity contribution in [2.75, 3.05) is 0 Å². The average molecular weight is 330 g/mol. The Bertz CT molecular complexity index is 177. The molecule has 0 fully saturated rings. The van der Waals surface area contributed by atoms with Gasteiger partial charge < -0.3 is 0 Å². The zero-order valence-electron chi connectivity index (χ0n) is 3.53. The third-order valence-electron chi connectivity index (χ3n) is 0.143. The fourth-order valence-corrected chi connectivity index (χ4v) is 0.141. The Kier molecular flexibility index (Phi) is 5.56. The molecule has 0 aliphatic rings. The minimum Gasteiger partial charge on any atom is -0.281 e. The first-order valence-corrected chi connectivity index (χ1v) is 2.48. The molecule has 0 aromatic rings. The normalized spacial score (nSPS) is 8.50. The average Bonchev–Trinajstić information content (AvgIpc) is 1.30. The maximum Gasteiger partial charge on any atom is 0.456 e. The number of rotatable bonds is 1. The quantitative estimate of drug-likeness (QED) is 0.375. The zero-order valence-corrected chi connectivity index (χ0v) is 8.23. The number of hydrogen-bond donors (Lipinski definition) is 1. The predicted molar refractivity (Wildman–Crippen MR) is 24.0 cm³/mol. The Labute approximate surface area is 66.4 Å². The van der Waals surface area contributed by atoms with E-state index in [1.165, 1.54) is 0 Å². The molecule has 0 aromatic heterocycles. The van der Waals surface area contributed by atoms with Gasteiger partial charge in [0, 0.05) is 27.3 Å². The first-order chi connectivity index (χ1) is 3.06.